The summed E-state index contributed by atoms with van der Waals surface area (Å²) in [5.41, 5.74) is 0.402. The summed E-state index contributed by atoms with van der Waals surface area (Å²) in [4.78, 5) is 42.8. The zero-order valence-corrected chi connectivity index (χ0v) is 23.9. The molecule has 0 radical (unpaired) electrons. The van der Waals surface area contributed by atoms with Crippen LogP contribution in [0.4, 0.5) is 13.2 Å². The van der Waals surface area contributed by atoms with Gasteiger partial charge in [0, 0.05) is 28.7 Å². The van der Waals surface area contributed by atoms with Gasteiger partial charge in [-0.3, -0.25) is 24.2 Å². The molecule has 1 unspecified atom stereocenters. The molecule has 1 aromatic rings. The lowest BCUT2D eigenvalue weighted by molar-refractivity contribution is -0.275. The van der Waals surface area contributed by atoms with E-state index in [4.69, 9.17) is 5.73 Å². The second-order valence-corrected chi connectivity index (χ2v) is 11.8. The van der Waals surface area contributed by atoms with Gasteiger partial charge in [-0.15, -0.1) is 13.2 Å². The van der Waals surface area contributed by atoms with Gasteiger partial charge in [-0.05, 0) is 64.9 Å². The van der Waals surface area contributed by atoms with Crippen molar-refractivity contribution in [3.63, 3.8) is 0 Å². The Kier molecular flexibility index (Phi) is 7.55. The number of nitrogens with two attached hydrogens (primary N) is 1. The number of Topliss-reactive ketones (excluding diaryl/α,β-unsaturated/α-hetero) is 2. The van der Waals surface area contributed by atoms with Crippen LogP contribution in [0.25, 0.3) is 0 Å². The summed E-state index contributed by atoms with van der Waals surface area (Å²) in [5, 5.41) is 45.1. The average Bonchev–Trinajstić information content (AvgIpc) is 2.91. The third-order valence-electron chi connectivity index (χ3n) is 9.30. The number of carbonyl (C=O) groups excluding carboxylic acids is 3. The lowest BCUT2D eigenvalue weighted by Gasteiger charge is -2.50. The Labute approximate surface area is 245 Å². The maximum absolute atomic E-state index is 13.9. The second kappa shape index (κ2) is 10.5. The van der Waals surface area contributed by atoms with Crippen molar-refractivity contribution in [1.82, 2.24) is 9.80 Å². The van der Waals surface area contributed by atoms with E-state index in [2.05, 4.69) is 4.74 Å². The van der Waals surface area contributed by atoms with Crippen LogP contribution in [-0.2, 0) is 16.0 Å². The Balaban J connectivity index is 1.73. The fourth-order valence-corrected chi connectivity index (χ4v) is 7.53. The van der Waals surface area contributed by atoms with Crippen molar-refractivity contribution in [2.75, 3.05) is 27.2 Å². The predicted molar refractivity (Wildman–Crippen MR) is 144 cm³/mol. The first-order chi connectivity index (χ1) is 20.0. The molecule has 5 rings (SSSR count). The molecule has 0 aromatic heterocycles. The Bertz CT molecular complexity index is 1470. The maximum atomic E-state index is 13.9. The van der Waals surface area contributed by atoms with Crippen molar-refractivity contribution in [3.8, 4) is 11.5 Å². The number of piperidine rings is 1. The van der Waals surface area contributed by atoms with E-state index in [-0.39, 0.29) is 24.0 Å². The number of ketones is 2. The average molecular weight is 610 g/mol. The van der Waals surface area contributed by atoms with E-state index in [1.807, 2.05) is 11.8 Å². The number of fused-ring (bicyclic) bond motifs is 3. The molecular weight excluding hydrogens is 575 g/mol. The minimum absolute atomic E-state index is 0.0811. The number of carbonyl (C=O) groups is 3. The summed E-state index contributed by atoms with van der Waals surface area (Å²) in [7, 11) is 2.97. The molecule has 5 atom stereocenters. The topological polar surface area (TPSA) is 174 Å². The minimum atomic E-state index is -5.13. The third-order valence-corrected chi connectivity index (χ3v) is 9.30. The van der Waals surface area contributed by atoms with Gasteiger partial charge in [-0.2, -0.15) is 0 Å². The number of amides is 1. The molecule has 3 aliphatic carbocycles. The highest BCUT2D eigenvalue weighted by Gasteiger charge is 2.63. The minimum Gasteiger partial charge on any atom is -0.510 e. The van der Waals surface area contributed by atoms with Gasteiger partial charge in [0.15, 0.2) is 11.4 Å². The third kappa shape index (κ3) is 4.66. The molecule has 1 heterocycles. The van der Waals surface area contributed by atoms with E-state index >= 15 is 0 Å². The van der Waals surface area contributed by atoms with Crippen LogP contribution >= 0.6 is 0 Å². The van der Waals surface area contributed by atoms with Gasteiger partial charge in [0.1, 0.15) is 28.6 Å². The maximum Gasteiger partial charge on any atom is 0.573 e. The summed E-state index contributed by atoms with van der Waals surface area (Å²) < 4.78 is 46.1. The van der Waals surface area contributed by atoms with Crippen molar-refractivity contribution in [2.24, 2.45) is 17.6 Å². The van der Waals surface area contributed by atoms with Crippen LogP contribution in [0.1, 0.15) is 60.1 Å². The fourth-order valence-electron chi connectivity index (χ4n) is 7.53. The second-order valence-electron chi connectivity index (χ2n) is 11.8. The standard InChI is InChI=1S/C29H34F3N3O8/c1-4-35-8-6-5-7-16(35)13-11-17(36)19-14(24(13)43-29(30,31)32)9-12-10-15-21(34(2)3)23(38)20(27(33)41)26(40)28(15,42)25(39)18(12)22(19)37/h11-12,15-16,21,36,38-39,42H,4-10H2,1-3H3,(H2,33,41)/t12-,15-,16?,21-,28-/m0/s1. The molecule has 1 fully saturated rings. The fraction of sp³-hybridized carbons (Fsp3) is 0.552. The van der Waals surface area contributed by atoms with Gasteiger partial charge in [0.05, 0.1) is 11.6 Å². The van der Waals surface area contributed by atoms with Gasteiger partial charge >= 0.3 is 6.36 Å². The highest BCUT2D eigenvalue weighted by molar-refractivity contribution is 6.24. The van der Waals surface area contributed by atoms with Gasteiger partial charge < -0.3 is 30.9 Å². The van der Waals surface area contributed by atoms with E-state index in [1.54, 1.807) is 0 Å². The molecule has 14 heteroatoms. The van der Waals surface area contributed by atoms with Crippen molar-refractivity contribution in [2.45, 2.75) is 63.1 Å². The number of hydrogen-bond donors (Lipinski definition) is 5. The van der Waals surface area contributed by atoms with Crippen LogP contribution in [-0.4, -0.2) is 92.9 Å². The van der Waals surface area contributed by atoms with Gasteiger partial charge in [0.25, 0.3) is 5.91 Å². The molecule has 0 spiro atoms. The van der Waals surface area contributed by atoms with E-state index in [1.165, 1.54) is 19.0 Å². The molecule has 1 saturated heterocycles. The molecule has 1 aliphatic heterocycles. The Morgan fingerprint density at radius 1 is 1.21 bits per heavy atom. The van der Waals surface area contributed by atoms with Crippen LogP contribution in [0.15, 0.2) is 28.7 Å². The molecule has 1 amide bonds. The number of likely N-dealkylation sites (N-methyl/N-ethyl adjacent to an activating group) is 1. The number of hydrogen-bond acceptors (Lipinski definition) is 10. The van der Waals surface area contributed by atoms with Crippen molar-refractivity contribution in [1.29, 1.82) is 0 Å². The summed E-state index contributed by atoms with van der Waals surface area (Å²) in [6.45, 7) is 3.02. The lowest BCUT2D eigenvalue weighted by Crippen LogP contribution is -2.63. The summed E-state index contributed by atoms with van der Waals surface area (Å²) >= 11 is 0. The largest absolute Gasteiger partial charge is 0.573 e. The van der Waals surface area contributed by atoms with E-state index in [0.29, 0.717) is 19.5 Å². The van der Waals surface area contributed by atoms with Gasteiger partial charge in [0.2, 0.25) is 5.78 Å². The summed E-state index contributed by atoms with van der Waals surface area (Å²) in [6.07, 6.45) is -3.63. The first-order valence-corrected chi connectivity index (χ1v) is 14.1. The molecule has 6 N–H and O–H groups in total. The molecule has 1 aromatic carbocycles. The Morgan fingerprint density at radius 2 is 1.88 bits per heavy atom. The number of phenolic OH excluding ortho intramolecular Hbond substituents is 1. The number of aliphatic hydroxyl groups excluding tert-OH is 2. The number of phenols is 1. The van der Waals surface area contributed by atoms with E-state index in [0.717, 1.165) is 18.9 Å². The van der Waals surface area contributed by atoms with Crippen LogP contribution in [0, 0.1) is 11.8 Å². The first kappa shape index (κ1) is 30.8. The highest BCUT2D eigenvalue weighted by atomic mass is 19.4. The van der Waals surface area contributed by atoms with Crippen LogP contribution in [0.5, 0.6) is 11.5 Å². The smallest absolute Gasteiger partial charge is 0.510 e. The number of allylic oxidation sites excluding steroid dienone is 1. The number of ether oxygens (including phenoxy) is 1. The number of nitrogens with zero attached hydrogens (tertiary/aromatic N) is 2. The van der Waals surface area contributed by atoms with Crippen LogP contribution < -0.4 is 10.5 Å². The number of aliphatic hydroxyl groups is 3. The quantitative estimate of drug-likeness (QED) is 0.312. The Hall–Kier alpha value is -3.62. The number of halogens is 3. The van der Waals surface area contributed by atoms with Gasteiger partial charge in [-0.25, -0.2) is 0 Å². The molecule has 234 valence electrons. The van der Waals surface area contributed by atoms with Crippen molar-refractivity contribution >= 4 is 17.5 Å². The molecule has 4 aliphatic rings. The normalized spacial score (nSPS) is 29.9. The zero-order valence-electron chi connectivity index (χ0n) is 23.9. The van der Waals surface area contributed by atoms with Crippen molar-refractivity contribution < 1.29 is 52.7 Å². The monoisotopic (exact) mass is 609 g/mol. The van der Waals surface area contributed by atoms with Crippen LogP contribution in [0.3, 0.4) is 0 Å². The first-order valence-electron chi connectivity index (χ1n) is 14.1. The summed E-state index contributed by atoms with van der Waals surface area (Å²) in [6, 6.07) is -0.668. The van der Waals surface area contributed by atoms with E-state index in [9.17, 15) is 48.0 Å². The number of rotatable bonds is 5. The number of primary amides is 1. The number of benzene rings is 1. The van der Waals surface area contributed by atoms with Gasteiger partial charge in [-0.1, -0.05) is 13.3 Å². The molecular formula is C29H34F3N3O8. The predicted octanol–water partition coefficient (Wildman–Crippen LogP) is 2.57. The molecule has 11 nitrogen and oxygen atoms in total. The highest BCUT2D eigenvalue weighted by Crippen LogP contribution is 2.54. The SMILES string of the molecule is CCN1CCCCC1c1cc(O)c2c(c1OC(F)(F)F)C[C@H]1C[C@H]3[C@H](N(C)C)C(O)=C(C(N)=O)C(=O)[C@@]3(O)C(O)=C1C2=O. The number of likely N-dealkylation sites (tertiary alicyclic amines) is 1. The summed E-state index contributed by atoms with van der Waals surface area (Å²) in [5.74, 6) is -9.26. The van der Waals surface area contributed by atoms with Crippen LogP contribution in [0.2, 0.25) is 0 Å². The molecule has 0 bridgehead atoms. The lowest BCUT2D eigenvalue weighted by atomic mass is 9.58. The molecule has 0 saturated carbocycles. The molecule has 43 heavy (non-hydrogen) atoms. The Morgan fingerprint density at radius 3 is 2.47 bits per heavy atom. The zero-order chi connectivity index (χ0) is 31.8. The van der Waals surface area contributed by atoms with Crippen molar-refractivity contribution in [3.05, 3.63) is 45.4 Å². The van der Waals surface area contributed by atoms with E-state index < -0.39 is 93.1 Å². The number of alkyl halides is 3. The number of aromatic hydroxyl groups is 1.